The summed E-state index contributed by atoms with van der Waals surface area (Å²) in [6, 6.07) is 3.16. The zero-order valence-electron chi connectivity index (χ0n) is 10.7. The number of urea groups is 1. The Morgan fingerprint density at radius 2 is 2.15 bits per heavy atom. The monoisotopic (exact) mass is 346 g/mol. The quantitative estimate of drug-likeness (QED) is 0.622. The van der Waals surface area contributed by atoms with Crippen LogP contribution in [0.25, 0.3) is 0 Å². The van der Waals surface area contributed by atoms with Crippen LogP contribution in [0.1, 0.15) is 6.42 Å². The van der Waals surface area contributed by atoms with Crippen molar-refractivity contribution >= 4 is 33.6 Å². The lowest BCUT2D eigenvalue weighted by atomic mass is 10.2. The van der Waals surface area contributed by atoms with Crippen LogP contribution in [0.15, 0.2) is 22.7 Å². The summed E-state index contributed by atoms with van der Waals surface area (Å²) >= 11 is 3.26. The third-order valence-electron chi connectivity index (χ3n) is 2.44. The standard InChI is InChI=1S/C12H15BrN2O5/c1-20-7-2-3-8(13)10(6-7)15-12(19)14-9(4-5-16)11(17)18/h2-3,6,9,16H,4-5H2,1H3,(H,17,18)(H2,14,15,19). The number of halogens is 1. The fourth-order valence-corrected chi connectivity index (χ4v) is 1.78. The zero-order valence-corrected chi connectivity index (χ0v) is 12.3. The van der Waals surface area contributed by atoms with E-state index < -0.39 is 18.0 Å². The van der Waals surface area contributed by atoms with E-state index in [1.165, 1.54) is 7.11 Å². The molecule has 7 nitrogen and oxygen atoms in total. The first-order valence-corrected chi connectivity index (χ1v) is 6.52. The molecule has 1 aromatic carbocycles. The molecule has 110 valence electrons. The number of carbonyl (C=O) groups excluding carboxylic acids is 1. The van der Waals surface area contributed by atoms with Crippen molar-refractivity contribution in [2.75, 3.05) is 19.0 Å². The van der Waals surface area contributed by atoms with E-state index in [0.717, 1.165) is 0 Å². The van der Waals surface area contributed by atoms with Gasteiger partial charge in [-0.15, -0.1) is 0 Å². The maximum absolute atomic E-state index is 11.7. The van der Waals surface area contributed by atoms with Gasteiger partial charge in [0, 0.05) is 23.6 Å². The number of carboxylic acids is 1. The largest absolute Gasteiger partial charge is 0.497 e. The fraction of sp³-hybridized carbons (Fsp3) is 0.333. The number of carboxylic acid groups (broad SMARTS) is 1. The van der Waals surface area contributed by atoms with E-state index >= 15 is 0 Å². The maximum atomic E-state index is 11.7. The molecule has 4 N–H and O–H groups in total. The smallest absolute Gasteiger partial charge is 0.326 e. The molecule has 2 amide bonds. The highest BCUT2D eigenvalue weighted by Gasteiger charge is 2.19. The molecule has 0 saturated heterocycles. The summed E-state index contributed by atoms with van der Waals surface area (Å²) in [5.41, 5.74) is 0.440. The summed E-state index contributed by atoms with van der Waals surface area (Å²) in [5.74, 6) is -0.660. The number of aliphatic carboxylic acids is 1. The number of benzene rings is 1. The summed E-state index contributed by atoms with van der Waals surface area (Å²) in [5, 5.41) is 22.4. The molecule has 20 heavy (non-hydrogen) atoms. The molecule has 0 fully saturated rings. The second-order valence-electron chi connectivity index (χ2n) is 3.85. The molecule has 0 heterocycles. The maximum Gasteiger partial charge on any atom is 0.326 e. The van der Waals surface area contributed by atoms with Crippen LogP contribution in [0.5, 0.6) is 5.75 Å². The Morgan fingerprint density at radius 3 is 2.70 bits per heavy atom. The van der Waals surface area contributed by atoms with E-state index in [0.29, 0.717) is 15.9 Å². The van der Waals surface area contributed by atoms with E-state index in [-0.39, 0.29) is 13.0 Å². The summed E-state index contributed by atoms with van der Waals surface area (Å²) in [7, 11) is 1.49. The Morgan fingerprint density at radius 1 is 1.45 bits per heavy atom. The van der Waals surface area contributed by atoms with E-state index in [2.05, 4.69) is 26.6 Å². The molecule has 0 aliphatic carbocycles. The Bertz CT molecular complexity index is 495. The number of aliphatic hydroxyl groups is 1. The number of methoxy groups -OCH3 is 1. The Labute approximate surface area is 124 Å². The van der Waals surface area contributed by atoms with Crippen LogP contribution in [0.4, 0.5) is 10.5 Å². The summed E-state index contributed by atoms with van der Waals surface area (Å²) in [6.07, 6.45) is -0.0674. The molecule has 0 saturated carbocycles. The number of carbonyl (C=O) groups is 2. The van der Waals surface area contributed by atoms with Crippen molar-refractivity contribution in [3.8, 4) is 5.75 Å². The van der Waals surface area contributed by atoms with Gasteiger partial charge >= 0.3 is 12.0 Å². The van der Waals surface area contributed by atoms with E-state index in [4.69, 9.17) is 14.9 Å². The number of aliphatic hydroxyl groups excluding tert-OH is 1. The average molecular weight is 347 g/mol. The van der Waals surface area contributed by atoms with Crippen LogP contribution < -0.4 is 15.4 Å². The summed E-state index contributed by atoms with van der Waals surface area (Å²) in [4.78, 5) is 22.6. The van der Waals surface area contributed by atoms with Gasteiger partial charge in [0.15, 0.2) is 0 Å². The van der Waals surface area contributed by atoms with E-state index in [1.54, 1.807) is 18.2 Å². The molecular formula is C12H15BrN2O5. The summed E-state index contributed by atoms with van der Waals surface area (Å²) in [6.45, 7) is -0.333. The van der Waals surface area contributed by atoms with Gasteiger partial charge in [0.1, 0.15) is 11.8 Å². The molecule has 1 aromatic rings. The van der Waals surface area contributed by atoms with Gasteiger partial charge in [0.25, 0.3) is 0 Å². The van der Waals surface area contributed by atoms with Gasteiger partial charge in [0.2, 0.25) is 0 Å². The minimum atomic E-state index is -1.21. The number of ether oxygens (including phenoxy) is 1. The fourth-order valence-electron chi connectivity index (χ4n) is 1.43. The number of nitrogens with one attached hydrogen (secondary N) is 2. The predicted octanol–water partition coefficient (Wildman–Crippen LogP) is 1.41. The zero-order chi connectivity index (χ0) is 15.1. The first kappa shape index (κ1) is 16.3. The van der Waals surface area contributed by atoms with Crippen LogP contribution in [0.2, 0.25) is 0 Å². The van der Waals surface area contributed by atoms with Crippen LogP contribution in [-0.2, 0) is 4.79 Å². The van der Waals surface area contributed by atoms with Gasteiger partial charge in [0.05, 0.1) is 12.8 Å². The first-order valence-electron chi connectivity index (χ1n) is 5.72. The molecule has 0 aliphatic rings. The van der Waals surface area contributed by atoms with Gasteiger partial charge in [-0.2, -0.15) is 0 Å². The minimum Gasteiger partial charge on any atom is -0.497 e. The number of rotatable bonds is 6. The highest BCUT2D eigenvalue weighted by Crippen LogP contribution is 2.26. The van der Waals surface area contributed by atoms with E-state index in [1.807, 2.05) is 0 Å². The molecule has 1 atom stereocenters. The second kappa shape index (κ2) is 7.71. The van der Waals surface area contributed by atoms with Crippen LogP contribution in [0.3, 0.4) is 0 Å². The lowest BCUT2D eigenvalue weighted by Gasteiger charge is -2.15. The van der Waals surface area contributed by atoms with Crippen molar-refractivity contribution in [2.45, 2.75) is 12.5 Å². The Kier molecular flexibility index (Phi) is 6.26. The predicted molar refractivity (Wildman–Crippen MR) is 76.0 cm³/mol. The van der Waals surface area contributed by atoms with Crippen molar-refractivity contribution in [2.24, 2.45) is 0 Å². The average Bonchev–Trinajstić information content (AvgIpc) is 2.40. The van der Waals surface area contributed by atoms with Crippen molar-refractivity contribution in [3.05, 3.63) is 22.7 Å². The Hall–Kier alpha value is -1.80. The van der Waals surface area contributed by atoms with Gasteiger partial charge < -0.3 is 25.6 Å². The molecule has 0 aliphatic heterocycles. The normalized spacial score (nSPS) is 11.6. The van der Waals surface area contributed by atoms with Gasteiger partial charge in [-0.25, -0.2) is 9.59 Å². The topological polar surface area (TPSA) is 108 Å². The molecule has 8 heteroatoms. The Balaban J connectivity index is 2.72. The highest BCUT2D eigenvalue weighted by atomic mass is 79.9. The molecule has 0 bridgehead atoms. The van der Waals surface area contributed by atoms with Crippen molar-refractivity contribution in [1.29, 1.82) is 0 Å². The summed E-state index contributed by atoms with van der Waals surface area (Å²) < 4.78 is 5.66. The number of anilines is 1. The van der Waals surface area contributed by atoms with Gasteiger partial charge in [-0.05, 0) is 28.1 Å². The number of hydrogen-bond donors (Lipinski definition) is 4. The van der Waals surface area contributed by atoms with Gasteiger partial charge in [-0.3, -0.25) is 0 Å². The molecule has 0 aromatic heterocycles. The molecule has 1 rings (SSSR count). The SMILES string of the molecule is COc1ccc(Br)c(NC(=O)NC(CCO)C(=O)O)c1. The minimum absolute atomic E-state index is 0.0674. The molecular weight excluding hydrogens is 332 g/mol. The lowest BCUT2D eigenvalue weighted by molar-refractivity contribution is -0.139. The van der Waals surface area contributed by atoms with E-state index in [9.17, 15) is 9.59 Å². The second-order valence-corrected chi connectivity index (χ2v) is 4.70. The number of amides is 2. The molecule has 1 unspecified atom stereocenters. The van der Waals surface area contributed by atoms with Crippen molar-refractivity contribution in [3.63, 3.8) is 0 Å². The molecule has 0 radical (unpaired) electrons. The third-order valence-corrected chi connectivity index (χ3v) is 3.13. The highest BCUT2D eigenvalue weighted by molar-refractivity contribution is 9.10. The van der Waals surface area contributed by atoms with Crippen LogP contribution in [-0.4, -0.2) is 42.0 Å². The van der Waals surface area contributed by atoms with Crippen LogP contribution in [0, 0.1) is 0 Å². The lowest BCUT2D eigenvalue weighted by Crippen LogP contribution is -2.43. The first-order chi connectivity index (χ1) is 9.47. The van der Waals surface area contributed by atoms with Crippen LogP contribution >= 0.6 is 15.9 Å². The molecule has 0 spiro atoms. The van der Waals surface area contributed by atoms with Crippen molar-refractivity contribution < 1.29 is 24.5 Å². The van der Waals surface area contributed by atoms with Crippen molar-refractivity contribution in [1.82, 2.24) is 5.32 Å². The third kappa shape index (κ3) is 4.71. The van der Waals surface area contributed by atoms with Gasteiger partial charge in [-0.1, -0.05) is 0 Å². The number of hydrogen-bond acceptors (Lipinski definition) is 4.